The summed E-state index contributed by atoms with van der Waals surface area (Å²) in [6.45, 7) is 7.82. The Morgan fingerprint density at radius 2 is 1.86 bits per heavy atom. The lowest BCUT2D eigenvalue weighted by Crippen LogP contribution is -2.41. The zero-order chi connectivity index (χ0) is 15.8. The maximum atomic E-state index is 9.65. The van der Waals surface area contributed by atoms with Crippen molar-refractivity contribution in [1.82, 2.24) is 0 Å². The zero-order valence-corrected chi connectivity index (χ0v) is 15.0. The Morgan fingerprint density at radius 3 is 2.33 bits per heavy atom. The first-order valence-electron chi connectivity index (χ1n) is 6.78. The standard InChI is InChI=1S/C15H19BBrClO3/c1-14(2)15(3,4)21-16(20-14)11(9-19)7-10-5-6-13(18)12(17)8-10/h5-8,19H,9H2,1-4H3. The van der Waals surface area contributed by atoms with Crippen molar-refractivity contribution in [3.05, 3.63) is 38.7 Å². The second kappa shape index (κ2) is 6.05. The van der Waals surface area contributed by atoms with Gasteiger partial charge in [0.15, 0.2) is 0 Å². The van der Waals surface area contributed by atoms with Gasteiger partial charge in [-0.2, -0.15) is 0 Å². The first-order valence-corrected chi connectivity index (χ1v) is 7.95. The van der Waals surface area contributed by atoms with Gasteiger partial charge in [-0.25, -0.2) is 0 Å². The van der Waals surface area contributed by atoms with Crippen LogP contribution in [0.4, 0.5) is 0 Å². The van der Waals surface area contributed by atoms with Crippen LogP contribution in [0.3, 0.4) is 0 Å². The number of halogens is 2. The van der Waals surface area contributed by atoms with Crippen molar-refractivity contribution >= 4 is 40.7 Å². The maximum absolute atomic E-state index is 9.65. The highest BCUT2D eigenvalue weighted by Gasteiger charge is 2.52. The third-order valence-electron chi connectivity index (χ3n) is 4.03. The fraction of sp³-hybridized carbons (Fsp3) is 0.467. The van der Waals surface area contributed by atoms with Crippen molar-refractivity contribution in [1.29, 1.82) is 0 Å². The number of aliphatic hydroxyl groups is 1. The van der Waals surface area contributed by atoms with E-state index < -0.39 is 18.3 Å². The zero-order valence-electron chi connectivity index (χ0n) is 12.6. The Labute approximate surface area is 139 Å². The van der Waals surface area contributed by atoms with Gasteiger partial charge >= 0.3 is 7.12 Å². The molecule has 3 nitrogen and oxygen atoms in total. The van der Waals surface area contributed by atoms with Gasteiger partial charge in [-0.3, -0.25) is 0 Å². The lowest BCUT2D eigenvalue weighted by molar-refractivity contribution is 0.00578. The van der Waals surface area contributed by atoms with Crippen molar-refractivity contribution in [3.63, 3.8) is 0 Å². The van der Waals surface area contributed by atoms with Gasteiger partial charge < -0.3 is 14.4 Å². The van der Waals surface area contributed by atoms with Gasteiger partial charge in [0.1, 0.15) is 0 Å². The summed E-state index contributed by atoms with van der Waals surface area (Å²) in [5.74, 6) is 0. The highest BCUT2D eigenvalue weighted by Crippen LogP contribution is 2.38. The predicted octanol–water partition coefficient (Wildman–Crippen LogP) is 4.11. The average Bonchev–Trinajstić information content (AvgIpc) is 2.59. The van der Waals surface area contributed by atoms with E-state index in [1.54, 1.807) is 6.07 Å². The molecule has 1 fully saturated rings. The molecule has 1 aliphatic heterocycles. The van der Waals surface area contributed by atoms with Crippen molar-refractivity contribution in [2.45, 2.75) is 38.9 Å². The summed E-state index contributed by atoms with van der Waals surface area (Å²) in [6.07, 6.45) is 1.86. The Balaban J connectivity index is 2.28. The molecule has 0 amide bonds. The van der Waals surface area contributed by atoms with E-state index in [0.29, 0.717) is 10.5 Å². The molecular weight excluding hydrogens is 354 g/mol. The first kappa shape index (κ1) is 17.0. The van der Waals surface area contributed by atoms with Crippen LogP contribution in [0.25, 0.3) is 6.08 Å². The minimum Gasteiger partial charge on any atom is -0.400 e. The van der Waals surface area contributed by atoms with E-state index in [4.69, 9.17) is 20.9 Å². The molecule has 6 heteroatoms. The number of hydrogen-bond acceptors (Lipinski definition) is 3. The van der Waals surface area contributed by atoms with E-state index in [-0.39, 0.29) is 6.61 Å². The molecule has 1 aromatic carbocycles. The van der Waals surface area contributed by atoms with E-state index in [1.807, 2.05) is 45.9 Å². The number of rotatable bonds is 3. The van der Waals surface area contributed by atoms with Gasteiger partial charge in [-0.15, -0.1) is 0 Å². The Kier molecular flexibility index (Phi) is 4.91. The summed E-state index contributed by atoms with van der Waals surface area (Å²) in [7, 11) is -0.547. The number of hydrogen-bond donors (Lipinski definition) is 1. The molecule has 114 valence electrons. The highest BCUT2D eigenvalue weighted by molar-refractivity contribution is 9.10. The molecular formula is C15H19BBrClO3. The van der Waals surface area contributed by atoms with Gasteiger partial charge in [0, 0.05) is 4.47 Å². The molecule has 1 saturated heterocycles. The fourth-order valence-electron chi connectivity index (χ4n) is 2.00. The lowest BCUT2D eigenvalue weighted by atomic mass is 9.77. The average molecular weight is 373 g/mol. The van der Waals surface area contributed by atoms with Crippen LogP contribution in [-0.2, 0) is 9.31 Å². The van der Waals surface area contributed by atoms with E-state index in [9.17, 15) is 5.11 Å². The van der Waals surface area contributed by atoms with Gasteiger partial charge in [0.2, 0.25) is 0 Å². The Morgan fingerprint density at radius 1 is 1.29 bits per heavy atom. The van der Waals surface area contributed by atoms with Crippen LogP contribution in [-0.4, -0.2) is 30.0 Å². The maximum Gasteiger partial charge on any atom is 0.492 e. The summed E-state index contributed by atoms with van der Waals surface area (Å²) in [4.78, 5) is 0. The van der Waals surface area contributed by atoms with E-state index >= 15 is 0 Å². The smallest absolute Gasteiger partial charge is 0.400 e. The van der Waals surface area contributed by atoms with Crippen molar-refractivity contribution < 1.29 is 14.4 Å². The Hall–Kier alpha value is -0.325. The SMILES string of the molecule is CC1(C)OB(C(=Cc2ccc(Cl)c(Br)c2)CO)OC1(C)C. The van der Waals surface area contributed by atoms with Gasteiger partial charge in [0.25, 0.3) is 0 Å². The summed E-state index contributed by atoms with van der Waals surface area (Å²) in [5, 5.41) is 10.3. The van der Waals surface area contributed by atoms with Crippen LogP contribution in [0.5, 0.6) is 0 Å². The van der Waals surface area contributed by atoms with Gasteiger partial charge in [-0.1, -0.05) is 23.7 Å². The van der Waals surface area contributed by atoms with Crippen LogP contribution in [0.15, 0.2) is 28.1 Å². The Bertz CT molecular complexity index is 556. The molecule has 0 aromatic heterocycles. The van der Waals surface area contributed by atoms with Crippen molar-refractivity contribution in [2.75, 3.05) is 6.61 Å². The molecule has 21 heavy (non-hydrogen) atoms. The third kappa shape index (κ3) is 3.54. The van der Waals surface area contributed by atoms with Crippen molar-refractivity contribution in [2.24, 2.45) is 0 Å². The minimum atomic E-state index is -0.547. The molecule has 0 unspecified atom stereocenters. The molecule has 0 aliphatic carbocycles. The largest absolute Gasteiger partial charge is 0.492 e. The van der Waals surface area contributed by atoms with Gasteiger partial charge in [0.05, 0.1) is 22.8 Å². The van der Waals surface area contributed by atoms with Gasteiger partial charge in [-0.05, 0) is 66.8 Å². The topological polar surface area (TPSA) is 38.7 Å². The first-order chi connectivity index (χ1) is 9.66. The molecule has 1 heterocycles. The molecule has 2 rings (SSSR count). The third-order valence-corrected chi connectivity index (χ3v) is 5.25. The van der Waals surface area contributed by atoms with E-state index in [0.717, 1.165) is 10.0 Å². The highest BCUT2D eigenvalue weighted by atomic mass is 79.9. The van der Waals surface area contributed by atoms with Crippen LogP contribution in [0.1, 0.15) is 33.3 Å². The van der Waals surface area contributed by atoms with Crippen LogP contribution >= 0.6 is 27.5 Å². The summed E-state index contributed by atoms with van der Waals surface area (Å²) >= 11 is 9.38. The summed E-state index contributed by atoms with van der Waals surface area (Å²) in [5.41, 5.74) is 0.756. The molecule has 1 aliphatic rings. The molecule has 0 radical (unpaired) electrons. The quantitative estimate of drug-likeness (QED) is 0.811. The second-order valence-corrected chi connectivity index (χ2v) is 7.40. The van der Waals surface area contributed by atoms with Crippen LogP contribution in [0, 0.1) is 0 Å². The number of benzene rings is 1. The number of aliphatic hydroxyl groups excluding tert-OH is 1. The molecule has 0 spiro atoms. The summed E-state index contributed by atoms with van der Waals surface area (Å²) < 4.78 is 12.7. The lowest BCUT2D eigenvalue weighted by Gasteiger charge is -2.32. The minimum absolute atomic E-state index is 0.128. The molecule has 0 atom stereocenters. The predicted molar refractivity (Wildman–Crippen MR) is 90.3 cm³/mol. The molecule has 1 aromatic rings. The second-order valence-electron chi connectivity index (χ2n) is 6.14. The van der Waals surface area contributed by atoms with Crippen LogP contribution < -0.4 is 0 Å². The van der Waals surface area contributed by atoms with Crippen LogP contribution in [0.2, 0.25) is 5.02 Å². The summed E-state index contributed by atoms with van der Waals surface area (Å²) in [6, 6.07) is 5.58. The van der Waals surface area contributed by atoms with Crippen molar-refractivity contribution in [3.8, 4) is 0 Å². The molecule has 0 bridgehead atoms. The fourth-order valence-corrected chi connectivity index (χ4v) is 2.51. The molecule has 1 N–H and O–H groups in total. The monoisotopic (exact) mass is 372 g/mol. The van der Waals surface area contributed by atoms with E-state index in [2.05, 4.69) is 15.9 Å². The normalized spacial score (nSPS) is 20.9. The van der Waals surface area contributed by atoms with E-state index in [1.165, 1.54) is 0 Å². The molecule has 0 saturated carbocycles.